The minimum atomic E-state index is -5.02. The lowest BCUT2D eigenvalue weighted by atomic mass is 10.0. The van der Waals surface area contributed by atoms with Gasteiger partial charge in [0.2, 0.25) is 11.8 Å². The molecule has 0 saturated carbocycles. The Kier molecular flexibility index (Phi) is 11.0. The van der Waals surface area contributed by atoms with Crippen LogP contribution in [0.15, 0.2) is 58.8 Å². The van der Waals surface area contributed by atoms with Crippen molar-refractivity contribution < 1.29 is 55.4 Å². The van der Waals surface area contributed by atoms with Crippen LogP contribution in [0.25, 0.3) is 17.2 Å². The molecule has 2 N–H and O–H groups in total. The number of halogens is 6. The third-order valence-electron chi connectivity index (χ3n) is 7.61. The van der Waals surface area contributed by atoms with E-state index in [2.05, 4.69) is 5.32 Å². The Labute approximate surface area is 293 Å². The number of thioether (sulfide) groups is 1. The van der Waals surface area contributed by atoms with E-state index in [0.29, 0.717) is 43.3 Å². The molecule has 2 aromatic carbocycles. The van der Waals surface area contributed by atoms with Crippen LogP contribution < -0.4 is 5.32 Å². The number of alkyl halides is 6. The number of hydrogen-bond acceptors (Lipinski definition) is 8. The Hall–Kier alpha value is -4.26. The van der Waals surface area contributed by atoms with Gasteiger partial charge in [0.05, 0.1) is 40.9 Å². The number of nitrogens with zero attached hydrogens (tertiary/aromatic N) is 2. The highest BCUT2D eigenvalue weighted by atomic mass is 32.2. The van der Waals surface area contributed by atoms with E-state index >= 15 is 0 Å². The number of aromatic carboxylic acids is 1. The SMILES string of the molecule is O=C(C[C@@H](CC(=O)N1CCOCC1)N1C(=O)/C(=C/c2cc(-c3cc(C(F)(F)F)cc(C(F)(F)F)c3)cs2)SC1=S)Nc1ccc(C(=O)O)cc1. The number of carbonyl (C=O) groups is 4. The molecule has 50 heavy (non-hydrogen) atoms. The molecule has 0 bridgehead atoms. The summed E-state index contributed by atoms with van der Waals surface area (Å²) in [6.45, 7) is 1.24. The molecule has 3 aromatic rings. The minimum absolute atomic E-state index is 0.0000760. The van der Waals surface area contributed by atoms with Gasteiger partial charge in [-0.15, -0.1) is 11.3 Å². The van der Waals surface area contributed by atoms with Crippen molar-refractivity contribution in [2.75, 3.05) is 31.6 Å². The van der Waals surface area contributed by atoms with Gasteiger partial charge in [0.25, 0.3) is 5.91 Å². The van der Waals surface area contributed by atoms with Crippen molar-refractivity contribution in [3.63, 3.8) is 0 Å². The van der Waals surface area contributed by atoms with E-state index in [9.17, 15) is 45.5 Å². The third kappa shape index (κ3) is 8.90. The Balaban J connectivity index is 1.38. The first-order valence-electron chi connectivity index (χ1n) is 14.6. The number of carboxylic acids is 1. The van der Waals surface area contributed by atoms with Gasteiger partial charge < -0.3 is 20.1 Å². The predicted octanol–water partition coefficient (Wildman–Crippen LogP) is 7.00. The Bertz CT molecular complexity index is 1820. The average Bonchev–Trinajstić information content (AvgIpc) is 3.63. The van der Waals surface area contributed by atoms with E-state index in [-0.39, 0.29) is 56.4 Å². The Morgan fingerprint density at radius 2 is 1.56 bits per heavy atom. The maximum Gasteiger partial charge on any atom is 0.416 e. The molecule has 18 heteroatoms. The highest BCUT2D eigenvalue weighted by molar-refractivity contribution is 8.26. The predicted molar refractivity (Wildman–Crippen MR) is 177 cm³/mol. The molecule has 3 amide bonds. The van der Waals surface area contributed by atoms with Gasteiger partial charge in [-0.25, -0.2) is 4.79 Å². The molecule has 1 atom stereocenters. The van der Waals surface area contributed by atoms with Gasteiger partial charge in [0, 0.05) is 36.5 Å². The lowest BCUT2D eigenvalue weighted by molar-refractivity contribution is -0.143. The van der Waals surface area contributed by atoms with Crippen molar-refractivity contribution in [2.24, 2.45) is 0 Å². The second-order valence-corrected chi connectivity index (χ2v) is 13.7. The van der Waals surface area contributed by atoms with Crippen LogP contribution in [-0.4, -0.2) is 75.3 Å². The first kappa shape index (κ1) is 37.0. The molecule has 1 aromatic heterocycles. The van der Waals surface area contributed by atoms with Crippen molar-refractivity contribution in [2.45, 2.75) is 31.2 Å². The first-order valence-corrected chi connectivity index (χ1v) is 16.7. The topological polar surface area (TPSA) is 116 Å². The molecular formula is C32H25F6N3O6S3. The quantitative estimate of drug-likeness (QED) is 0.136. The lowest BCUT2D eigenvalue weighted by Crippen LogP contribution is -2.47. The fourth-order valence-electron chi connectivity index (χ4n) is 5.15. The summed E-state index contributed by atoms with van der Waals surface area (Å²) in [5, 5.41) is 13.1. The Morgan fingerprint density at radius 1 is 0.940 bits per heavy atom. The molecular weight excluding hydrogens is 733 g/mol. The zero-order chi connectivity index (χ0) is 36.4. The number of nitrogens with one attached hydrogen (secondary N) is 1. The monoisotopic (exact) mass is 757 g/mol. The fourth-order valence-corrected chi connectivity index (χ4v) is 7.46. The molecule has 5 rings (SSSR count). The molecule has 2 saturated heterocycles. The number of amides is 3. The highest BCUT2D eigenvalue weighted by Crippen LogP contribution is 2.41. The molecule has 9 nitrogen and oxygen atoms in total. The fraction of sp³-hybridized carbons (Fsp3) is 0.281. The number of thiophene rings is 1. The summed E-state index contributed by atoms with van der Waals surface area (Å²) in [5.41, 5.74) is -2.90. The number of benzene rings is 2. The maximum absolute atomic E-state index is 13.7. The van der Waals surface area contributed by atoms with E-state index in [1.165, 1.54) is 46.7 Å². The molecule has 3 heterocycles. The number of carboxylic acid groups (broad SMARTS) is 1. The molecule has 2 aliphatic heterocycles. The molecule has 0 radical (unpaired) electrons. The molecule has 0 unspecified atom stereocenters. The van der Waals surface area contributed by atoms with Crippen LogP contribution in [0.1, 0.15) is 39.2 Å². The second kappa shape index (κ2) is 14.9. The summed E-state index contributed by atoms with van der Waals surface area (Å²) in [6.07, 6.45) is -9.30. The van der Waals surface area contributed by atoms with E-state index in [1.54, 1.807) is 0 Å². The summed E-state index contributed by atoms with van der Waals surface area (Å²) >= 11 is 7.32. The summed E-state index contributed by atoms with van der Waals surface area (Å²) in [5.74, 6) is -2.74. The third-order valence-corrected chi connectivity index (χ3v) is 9.82. The van der Waals surface area contributed by atoms with Crippen LogP contribution in [0.2, 0.25) is 0 Å². The Morgan fingerprint density at radius 3 is 2.14 bits per heavy atom. The summed E-state index contributed by atoms with van der Waals surface area (Å²) in [4.78, 5) is 54.3. The van der Waals surface area contributed by atoms with Crippen molar-refractivity contribution >= 4 is 75.1 Å². The average molecular weight is 758 g/mol. The van der Waals surface area contributed by atoms with Crippen LogP contribution in [0.4, 0.5) is 32.0 Å². The summed E-state index contributed by atoms with van der Waals surface area (Å²) in [6, 6.07) is 6.93. The van der Waals surface area contributed by atoms with E-state index < -0.39 is 47.3 Å². The van der Waals surface area contributed by atoms with Gasteiger partial charge in [0.15, 0.2) is 0 Å². The molecule has 0 spiro atoms. The second-order valence-electron chi connectivity index (χ2n) is 11.1. The number of morpholine rings is 1. The molecule has 0 aliphatic carbocycles. The van der Waals surface area contributed by atoms with E-state index in [0.717, 1.165) is 28.0 Å². The summed E-state index contributed by atoms with van der Waals surface area (Å²) < 4.78 is 85.8. The first-order chi connectivity index (χ1) is 23.5. The van der Waals surface area contributed by atoms with Gasteiger partial charge in [-0.1, -0.05) is 24.0 Å². The summed E-state index contributed by atoms with van der Waals surface area (Å²) in [7, 11) is 0. The van der Waals surface area contributed by atoms with Crippen molar-refractivity contribution in [3.8, 4) is 11.1 Å². The van der Waals surface area contributed by atoms with Crippen molar-refractivity contribution in [3.05, 3.63) is 80.4 Å². The van der Waals surface area contributed by atoms with Gasteiger partial charge in [-0.3, -0.25) is 19.3 Å². The van der Waals surface area contributed by atoms with Crippen LogP contribution in [-0.2, 0) is 31.5 Å². The molecule has 264 valence electrons. The zero-order valence-corrected chi connectivity index (χ0v) is 27.9. The van der Waals surface area contributed by atoms with Crippen LogP contribution in [0.3, 0.4) is 0 Å². The number of rotatable bonds is 9. The molecule has 2 aliphatic rings. The maximum atomic E-state index is 13.7. The van der Waals surface area contributed by atoms with Gasteiger partial charge >= 0.3 is 18.3 Å². The zero-order valence-electron chi connectivity index (χ0n) is 25.5. The minimum Gasteiger partial charge on any atom is -0.478 e. The highest BCUT2D eigenvalue weighted by Gasteiger charge is 2.40. The van der Waals surface area contributed by atoms with Crippen LogP contribution in [0, 0.1) is 0 Å². The number of thiocarbonyl (C=S) groups is 1. The van der Waals surface area contributed by atoms with Gasteiger partial charge in [-0.2, -0.15) is 26.3 Å². The standard InChI is InChI=1S/C32H25F6N3O6S3/c33-31(34,35)20-9-18(10-21(12-20)32(36,37)38)19-11-24(49-16-19)15-25-28(44)41(30(48)50-25)23(14-27(43)40-5-7-47-8-6-40)13-26(42)39-22-3-1-17(2-4-22)29(45)46/h1-4,9-12,15-16,23H,5-8,13-14H2,(H,39,42)(H,45,46)/b25-15-/t23-/m0/s1. The number of hydrogen-bond donors (Lipinski definition) is 2. The largest absolute Gasteiger partial charge is 0.478 e. The van der Waals surface area contributed by atoms with Crippen LogP contribution in [0.5, 0.6) is 0 Å². The smallest absolute Gasteiger partial charge is 0.416 e. The van der Waals surface area contributed by atoms with Crippen LogP contribution >= 0.6 is 35.3 Å². The number of ether oxygens (including phenoxy) is 1. The van der Waals surface area contributed by atoms with E-state index in [4.69, 9.17) is 22.1 Å². The van der Waals surface area contributed by atoms with Crippen molar-refractivity contribution in [1.29, 1.82) is 0 Å². The van der Waals surface area contributed by atoms with Crippen molar-refractivity contribution in [1.82, 2.24) is 9.80 Å². The van der Waals surface area contributed by atoms with E-state index in [1.807, 2.05) is 0 Å². The normalized spacial score (nSPS) is 17.0. The van der Waals surface area contributed by atoms with Gasteiger partial charge in [-0.05, 0) is 71.1 Å². The molecule has 2 fully saturated rings. The number of anilines is 1. The lowest BCUT2D eigenvalue weighted by Gasteiger charge is -2.31. The number of carbonyl (C=O) groups excluding carboxylic acids is 3. The van der Waals surface area contributed by atoms with Gasteiger partial charge in [0.1, 0.15) is 4.32 Å².